The lowest BCUT2D eigenvalue weighted by molar-refractivity contribution is -0.144. The first-order valence-corrected chi connectivity index (χ1v) is 6.82. The number of anilines is 1. The first-order valence-electron chi connectivity index (χ1n) is 6.82. The van der Waals surface area contributed by atoms with Crippen molar-refractivity contribution < 1.29 is 14.7 Å². The maximum absolute atomic E-state index is 11.7. The van der Waals surface area contributed by atoms with Gasteiger partial charge in [-0.3, -0.25) is 9.48 Å². The Kier molecular flexibility index (Phi) is 4.60. The van der Waals surface area contributed by atoms with E-state index in [2.05, 4.69) is 15.7 Å². The number of rotatable bonds is 4. The Bertz CT molecular complexity index is 486. The Morgan fingerprint density at radius 2 is 2.20 bits per heavy atom. The van der Waals surface area contributed by atoms with Crippen LogP contribution in [0.2, 0.25) is 0 Å². The molecule has 7 heteroatoms. The normalized spacial score (nSPS) is 22.2. The number of hydrogen-bond donors (Lipinski definition) is 3. The number of carbonyl (C=O) groups is 2. The van der Waals surface area contributed by atoms with E-state index in [9.17, 15) is 14.7 Å². The molecule has 1 saturated carbocycles. The maximum atomic E-state index is 11.7. The fourth-order valence-electron chi connectivity index (χ4n) is 2.66. The Morgan fingerprint density at radius 1 is 1.45 bits per heavy atom. The molecule has 0 spiro atoms. The third-order valence-electron chi connectivity index (χ3n) is 3.71. The van der Waals surface area contributed by atoms with Crippen molar-refractivity contribution in [2.24, 2.45) is 18.9 Å². The number of amides is 2. The molecule has 2 rings (SSSR count). The predicted octanol–water partition coefficient (Wildman–Crippen LogP) is 1.43. The summed E-state index contributed by atoms with van der Waals surface area (Å²) in [5.74, 6) is -1.09. The van der Waals surface area contributed by atoms with Gasteiger partial charge in [0, 0.05) is 19.8 Å². The van der Waals surface area contributed by atoms with Gasteiger partial charge in [-0.15, -0.1) is 0 Å². The van der Waals surface area contributed by atoms with Gasteiger partial charge in [0.15, 0.2) is 0 Å². The number of hydrogen-bond acceptors (Lipinski definition) is 3. The summed E-state index contributed by atoms with van der Waals surface area (Å²) in [6.07, 6.45) is 6.78. The summed E-state index contributed by atoms with van der Waals surface area (Å²) < 4.78 is 1.59. The second-order valence-corrected chi connectivity index (χ2v) is 5.23. The highest BCUT2D eigenvalue weighted by Crippen LogP contribution is 2.29. The molecule has 7 nitrogen and oxygen atoms in total. The molecule has 2 atom stereocenters. The van der Waals surface area contributed by atoms with E-state index in [4.69, 9.17) is 0 Å². The standard InChI is InChI=1S/C13H20N4O3/c1-17-8-10(7-15-17)16-13(20)14-6-9-4-2-3-5-11(9)12(18)19/h7-9,11H,2-6H2,1H3,(H,18,19)(H2,14,16,20). The second-order valence-electron chi connectivity index (χ2n) is 5.23. The fraction of sp³-hybridized carbons (Fsp3) is 0.615. The molecule has 0 aromatic carbocycles. The smallest absolute Gasteiger partial charge is 0.319 e. The number of aromatic nitrogens is 2. The minimum absolute atomic E-state index is 0.0147. The van der Waals surface area contributed by atoms with Gasteiger partial charge in [0.25, 0.3) is 0 Å². The number of nitrogens with zero attached hydrogens (tertiary/aromatic N) is 2. The number of urea groups is 1. The van der Waals surface area contributed by atoms with Crippen molar-refractivity contribution >= 4 is 17.7 Å². The fourth-order valence-corrected chi connectivity index (χ4v) is 2.66. The Hall–Kier alpha value is -2.05. The minimum Gasteiger partial charge on any atom is -0.481 e. The molecule has 0 radical (unpaired) electrons. The molecular weight excluding hydrogens is 260 g/mol. The lowest BCUT2D eigenvalue weighted by atomic mass is 9.79. The van der Waals surface area contributed by atoms with Gasteiger partial charge < -0.3 is 15.7 Å². The van der Waals surface area contributed by atoms with Crippen LogP contribution in [0.3, 0.4) is 0 Å². The van der Waals surface area contributed by atoms with Crippen LogP contribution >= 0.6 is 0 Å². The first kappa shape index (κ1) is 14.4. The minimum atomic E-state index is -0.760. The second kappa shape index (κ2) is 6.40. The number of aryl methyl sites for hydroxylation is 1. The number of carboxylic acid groups (broad SMARTS) is 1. The lowest BCUT2D eigenvalue weighted by Gasteiger charge is -2.28. The average molecular weight is 280 g/mol. The zero-order chi connectivity index (χ0) is 14.5. The molecule has 110 valence electrons. The molecular formula is C13H20N4O3. The summed E-state index contributed by atoms with van der Waals surface area (Å²) in [4.78, 5) is 22.9. The molecule has 0 bridgehead atoms. The molecule has 0 saturated heterocycles. The van der Waals surface area contributed by atoms with Crippen molar-refractivity contribution in [2.75, 3.05) is 11.9 Å². The van der Waals surface area contributed by atoms with Crippen LogP contribution in [0.4, 0.5) is 10.5 Å². The summed E-state index contributed by atoms with van der Waals surface area (Å²) in [6, 6.07) is -0.326. The molecule has 1 aromatic rings. The molecule has 3 N–H and O–H groups in total. The van der Waals surface area contributed by atoms with E-state index in [0.29, 0.717) is 18.7 Å². The third kappa shape index (κ3) is 3.72. The van der Waals surface area contributed by atoms with Crippen molar-refractivity contribution in [2.45, 2.75) is 25.7 Å². The molecule has 0 aliphatic heterocycles. The summed E-state index contributed by atoms with van der Waals surface area (Å²) in [5.41, 5.74) is 0.614. The third-order valence-corrected chi connectivity index (χ3v) is 3.71. The molecule has 1 fully saturated rings. The lowest BCUT2D eigenvalue weighted by Crippen LogP contribution is -2.38. The van der Waals surface area contributed by atoms with Crippen LogP contribution in [0.5, 0.6) is 0 Å². The van der Waals surface area contributed by atoms with Gasteiger partial charge in [-0.1, -0.05) is 12.8 Å². The summed E-state index contributed by atoms with van der Waals surface area (Å²) in [5, 5.41) is 18.5. The highest BCUT2D eigenvalue weighted by atomic mass is 16.4. The highest BCUT2D eigenvalue weighted by molar-refractivity contribution is 5.88. The van der Waals surface area contributed by atoms with Crippen molar-refractivity contribution in [3.05, 3.63) is 12.4 Å². The van der Waals surface area contributed by atoms with E-state index in [1.54, 1.807) is 24.1 Å². The van der Waals surface area contributed by atoms with Gasteiger partial charge in [0.2, 0.25) is 0 Å². The Balaban J connectivity index is 1.81. The predicted molar refractivity (Wildman–Crippen MR) is 73.3 cm³/mol. The summed E-state index contributed by atoms with van der Waals surface area (Å²) >= 11 is 0. The topological polar surface area (TPSA) is 96.2 Å². The largest absolute Gasteiger partial charge is 0.481 e. The quantitative estimate of drug-likeness (QED) is 0.777. The van der Waals surface area contributed by atoms with Gasteiger partial charge in [-0.25, -0.2) is 4.79 Å². The van der Waals surface area contributed by atoms with Crippen molar-refractivity contribution in [3.8, 4) is 0 Å². The number of aliphatic carboxylic acids is 1. The number of carbonyl (C=O) groups excluding carboxylic acids is 1. The molecule has 1 aliphatic carbocycles. The maximum Gasteiger partial charge on any atom is 0.319 e. The molecule has 1 aromatic heterocycles. The van der Waals surface area contributed by atoms with E-state index in [-0.39, 0.29) is 17.9 Å². The van der Waals surface area contributed by atoms with E-state index in [1.165, 1.54) is 0 Å². The SMILES string of the molecule is Cn1cc(NC(=O)NCC2CCCCC2C(=O)O)cn1. The van der Waals surface area contributed by atoms with Crippen LogP contribution in [0.1, 0.15) is 25.7 Å². The van der Waals surface area contributed by atoms with E-state index < -0.39 is 5.97 Å². The van der Waals surface area contributed by atoms with Crippen molar-refractivity contribution in [3.63, 3.8) is 0 Å². The molecule has 1 heterocycles. The van der Waals surface area contributed by atoms with E-state index in [1.807, 2.05) is 0 Å². The van der Waals surface area contributed by atoms with Crippen LogP contribution in [-0.4, -0.2) is 33.4 Å². The molecule has 2 amide bonds. The van der Waals surface area contributed by atoms with Crippen LogP contribution in [0, 0.1) is 11.8 Å². The van der Waals surface area contributed by atoms with Gasteiger partial charge in [0.1, 0.15) is 0 Å². The molecule has 2 unspecified atom stereocenters. The van der Waals surface area contributed by atoms with E-state index >= 15 is 0 Å². The highest BCUT2D eigenvalue weighted by Gasteiger charge is 2.30. The zero-order valence-electron chi connectivity index (χ0n) is 11.5. The first-order chi connectivity index (χ1) is 9.56. The average Bonchev–Trinajstić information content (AvgIpc) is 2.82. The van der Waals surface area contributed by atoms with Gasteiger partial charge in [-0.2, -0.15) is 5.10 Å². The zero-order valence-corrected chi connectivity index (χ0v) is 11.5. The van der Waals surface area contributed by atoms with Crippen molar-refractivity contribution in [1.82, 2.24) is 15.1 Å². The van der Waals surface area contributed by atoms with Crippen molar-refractivity contribution in [1.29, 1.82) is 0 Å². The number of carboxylic acids is 1. The van der Waals surface area contributed by atoms with Crippen LogP contribution in [0.15, 0.2) is 12.4 Å². The van der Waals surface area contributed by atoms with Crippen LogP contribution in [-0.2, 0) is 11.8 Å². The van der Waals surface area contributed by atoms with Gasteiger partial charge in [0.05, 0.1) is 17.8 Å². The van der Waals surface area contributed by atoms with Gasteiger partial charge >= 0.3 is 12.0 Å². The number of nitrogens with one attached hydrogen (secondary N) is 2. The Morgan fingerprint density at radius 3 is 2.85 bits per heavy atom. The Labute approximate surface area is 117 Å². The molecule has 1 aliphatic rings. The van der Waals surface area contributed by atoms with Crippen LogP contribution in [0.25, 0.3) is 0 Å². The molecule has 20 heavy (non-hydrogen) atoms. The van der Waals surface area contributed by atoms with Gasteiger partial charge in [-0.05, 0) is 18.8 Å². The summed E-state index contributed by atoms with van der Waals surface area (Å²) in [7, 11) is 1.77. The van der Waals surface area contributed by atoms with Crippen LogP contribution < -0.4 is 10.6 Å². The summed E-state index contributed by atoms with van der Waals surface area (Å²) in [6.45, 7) is 0.392. The van der Waals surface area contributed by atoms with E-state index in [0.717, 1.165) is 19.3 Å². The monoisotopic (exact) mass is 280 g/mol.